The summed E-state index contributed by atoms with van der Waals surface area (Å²) < 4.78 is 5.56. The Morgan fingerprint density at radius 1 is 1.20 bits per heavy atom. The Bertz CT molecular complexity index is 548. The summed E-state index contributed by atoms with van der Waals surface area (Å²) in [5.41, 5.74) is 1.00. The smallest absolute Gasteiger partial charge is 0.321 e. The van der Waals surface area contributed by atoms with Crippen LogP contribution in [-0.2, 0) is 24.2 Å². The topological polar surface area (TPSA) is 62.5 Å². The Balaban J connectivity index is 1.94. The molecular weight excluding hydrogens is 254 g/mol. The fraction of sp³-hybridized carbons (Fsp3) is 0.312. The Morgan fingerprint density at radius 2 is 1.90 bits per heavy atom. The zero-order chi connectivity index (χ0) is 14.4. The summed E-state index contributed by atoms with van der Waals surface area (Å²) >= 11 is 0. The molecule has 0 fully saturated rings. The molecule has 2 aromatic rings. The van der Waals surface area contributed by atoms with Crippen molar-refractivity contribution in [2.45, 2.75) is 32.4 Å². The number of furan rings is 1. The van der Waals surface area contributed by atoms with Crippen molar-refractivity contribution in [2.24, 2.45) is 0 Å². The highest BCUT2D eigenvalue weighted by Crippen LogP contribution is 2.09. The number of hydrogen-bond donors (Lipinski definition) is 2. The molecule has 0 aliphatic heterocycles. The molecule has 0 bridgehead atoms. The summed E-state index contributed by atoms with van der Waals surface area (Å²) in [7, 11) is 0. The highest BCUT2D eigenvalue weighted by Gasteiger charge is 2.17. The number of aryl methyl sites for hydroxylation is 1. The highest BCUT2D eigenvalue weighted by atomic mass is 16.4. The van der Waals surface area contributed by atoms with E-state index in [1.165, 1.54) is 0 Å². The lowest BCUT2D eigenvalue weighted by atomic mass is 10.1. The maximum absolute atomic E-state index is 11.3. The molecule has 0 saturated heterocycles. The van der Waals surface area contributed by atoms with E-state index in [1.807, 2.05) is 49.4 Å². The number of aliphatic carboxylic acids is 1. The molecular formula is C16H19NO3. The predicted molar refractivity (Wildman–Crippen MR) is 76.5 cm³/mol. The van der Waals surface area contributed by atoms with Gasteiger partial charge in [0.25, 0.3) is 0 Å². The van der Waals surface area contributed by atoms with E-state index in [1.54, 1.807) is 0 Å². The zero-order valence-corrected chi connectivity index (χ0v) is 11.5. The van der Waals surface area contributed by atoms with Crippen LogP contribution in [0, 0.1) is 0 Å². The van der Waals surface area contributed by atoms with Gasteiger partial charge >= 0.3 is 5.97 Å². The van der Waals surface area contributed by atoms with Gasteiger partial charge in [0.15, 0.2) is 0 Å². The zero-order valence-electron chi connectivity index (χ0n) is 11.5. The normalized spacial score (nSPS) is 12.2. The molecule has 4 heteroatoms. The van der Waals surface area contributed by atoms with Crippen molar-refractivity contribution < 1.29 is 14.3 Å². The van der Waals surface area contributed by atoms with Crippen molar-refractivity contribution in [1.82, 2.24) is 5.32 Å². The van der Waals surface area contributed by atoms with Crippen LogP contribution in [0.2, 0.25) is 0 Å². The van der Waals surface area contributed by atoms with Crippen molar-refractivity contribution in [3.8, 4) is 0 Å². The van der Waals surface area contributed by atoms with E-state index in [0.717, 1.165) is 23.5 Å². The van der Waals surface area contributed by atoms with Gasteiger partial charge < -0.3 is 9.52 Å². The van der Waals surface area contributed by atoms with E-state index in [2.05, 4.69) is 5.32 Å². The minimum Gasteiger partial charge on any atom is -0.480 e. The Hall–Kier alpha value is -2.07. The van der Waals surface area contributed by atoms with Crippen LogP contribution in [0.3, 0.4) is 0 Å². The molecule has 1 aromatic heterocycles. The van der Waals surface area contributed by atoms with E-state index in [-0.39, 0.29) is 0 Å². The summed E-state index contributed by atoms with van der Waals surface area (Å²) in [5.74, 6) is 0.828. The van der Waals surface area contributed by atoms with Crippen LogP contribution in [0.25, 0.3) is 0 Å². The van der Waals surface area contributed by atoms with Crippen LogP contribution in [0.15, 0.2) is 46.9 Å². The molecule has 0 saturated carbocycles. The number of carboxylic acids is 1. The Labute approximate surface area is 118 Å². The minimum absolute atomic E-state index is 0.420. The van der Waals surface area contributed by atoms with Crippen molar-refractivity contribution in [3.63, 3.8) is 0 Å². The molecule has 0 radical (unpaired) electrons. The Kier molecular flexibility index (Phi) is 4.96. The monoisotopic (exact) mass is 273 g/mol. The van der Waals surface area contributed by atoms with E-state index in [9.17, 15) is 9.90 Å². The third-order valence-electron chi connectivity index (χ3n) is 3.17. The fourth-order valence-corrected chi connectivity index (χ4v) is 2.03. The molecule has 0 unspecified atom stereocenters. The van der Waals surface area contributed by atoms with Crippen LogP contribution in [0.4, 0.5) is 0 Å². The molecule has 0 amide bonds. The van der Waals surface area contributed by atoms with Crippen LogP contribution in [-0.4, -0.2) is 17.1 Å². The van der Waals surface area contributed by atoms with E-state index >= 15 is 0 Å². The van der Waals surface area contributed by atoms with Gasteiger partial charge in [-0.2, -0.15) is 0 Å². The van der Waals surface area contributed by atoms with Crippen LogP contribution >= 0.6 is 0 Å². The second-order valence-electron chi connectivity index (χ2n) is 4.68. The Morgan fingerprint density at radius 3 is 2.50 bits per heavy atom. The quantitative estimate of drug-likeness (QED) is 0.814. The molecule has 106 valence electrons. The first kappa shape index (κ1) is 14.3. The second-order valence-corrected chi connectivity index (χ2v) is 4.68. The molecule has 0 spiro atoms. The van der Waals surface area contributed by atoms with Gasteiger partial charge in [0, 0.05) is 6.42 Å². The summed E-state index contributed by atoms with van der Waals surface area (Å²) in [6.07, 6.45) is 1.30. The third-order valence-corrected chi connectivity index (χ3v) is 3.17. The number of rotatable bonds is 7. The van der Waals surface area contributed by atoms with Crippen LogP contribution < -0.4 is 5.32 Å². The molecule has 0 aliphatic carbocycles. The van der Waals surface area contributed by atoms with Crippen molar-refractivity contribution in [3.05, 3.63) is 59.5 Å². The number of carboxylic acid groups (broad SMARTS) is 1. The molecule has 0 aliphatic rings. The van der Waals surface area contributed by atoms with E-state index < -0.39 is 12.0 Å². The van der Waals surface area contributed by atoms with Crippen LogP contribution in [0.5, 0.6) is 0 Å². The molecule has 4 nitrogen and oxygen atoms in total. The van der Waals surface area contributed by atoms with E-state index in [4.69, 9.17) is 4.42 Å². The molecule has 1 aromatic carbocycles. The molecule has 2 rings (SSSR count). The number of nitrogens with one attached hydrogen (secondary N) is 1. The average Bonchev–Trinajstić information content (AvgIpc) is 2.92. The van der Waals surface area contributed by atoms with Gasteiger partial charge in [0.05, 0.1) is 6.54 Å². The van der Waals surface area contributed by atoms with Crippen LogP contribution in [0.1, 0.15) is 24.0 Å². The van der Waals surface area contributed by atoms with Crippen molar-refractivity contribution in [2.75, 3.05) is 0 Å². The lowest BCUT2D eigenvalue weighted by molar-refractivity contribution is -0.139. The maximum atomic E-state index is 11.3. The molecule has 2 N–H and O–H groups in total. The molecule has 1 heterocycles. The van der Waals surface area contributed by atoms with E-state index in [0.29, 0.717) is 13.0 Å². The minimum atomic E-state index is -0.851. The lowest BCUT2D eigenvalue weighted by Crippen LogP contribution is -2.38. The summed E-state index contributed by atoms with van der Waals surface area (Å²) in [4.78, 5) is 11.3. The summed E-state index contributed by atoms with van der Waals surface area (Å²) in [5, 5.41) is 12.3. The van der Waals surface area contributed by atoms with Gasteiger partial charge in [-0.05, 0) is 24.1 Å². The first-order chi connectivity index (χ1) is 9.69. The molecule has 20 heavy (non-hydrogen) atoms. The SMILES string of the molecule is CCc1ccc(CN[C@@H](Cc2ccccc2)C(=O)O)o1. The number of carbonyl (C=O) groups is 1. The average molecular weight is 273 g/mol. The lowest BCUT2D eigenvalue weighted by Gasteiger charge is -2.13. The maximum Gasteiger partial charge on any atom is 0.321 e. The van der Waals surface area contributed by atoms with Crippen molar-refractivity contribution in [1.29, 1.82) is 0 Å². The van der Waals surface area contributed by atoms with Crippen molar-refractivity contribution >= 4 is 5.97 Å². The standard InChI is InChI=1S/C16H19NO3/c1-2-13-8-9-14(20-13)11-17-15(16(18)19)10-12-6-4-3-5-7-12/h3-9,15,17H,2,10-11H2,1H3,(H,18,19)/t15-/m0/s1. The highest BCUT2D eigenvalue weighted by molar-refractivity contribution is 5.73. The summed E-state index contributed by atoms with van der Waals surface area (Å²) in [6.45, 7) is 2.44. The van der Waals surface area contributed by atoms with Gasteiger partial charge in [-0.1, -0.05) is 37.3 Å². The summed E-state index contributed by atoms with van der Waals surface area (Å²) in [6, 6.07) is 12.8. The fourth-order valence-electron chi connectivity index (χ4n) is 2.03. The first-order valence-corrected chi connectivity index (χ1v) is 6.76. The first-order valence-electron chi connectivity index (χ1n) is 6.76. The largest absolute Gasteiger partial charge is 0.480 e. The predicted octanol–water partition coefficient (Wildman–Crippen LogP) is 2.63. The van der Waals surface area contributed by atoms with Gasteiger partial charge in [-0.3, -0.25) is 10.1 Å². The molecule has 1 atom stereocenters. The van der Waals surface area contributed by atoms with Gasteiger partial charge in [0.2, 0.25) is 0 Å². The van der Waals surface area contributed by atoms with Gasteiger partial charge in [-0.25, -0.2) is 0 Å². The van der Waals surface area contributed by atoms with Gasteiger partial charge in [-0.15, -0.1) is 0 Å². The second kappa shape index (κ2) is 6.91. The number of hydrogen-bond acceptors (Lipinski definition) is 3. The number of benzene rings is 1. The van der Waals surface area contributed by atoms with Gasteiger partial charge in [0.1, 0.15) is 17.6 Å². The third kappa shape index (κ3) is 3.96.